The first-order valence-electron chi connectivity index (χ1n) is 11.9. The third-order valence-electron chi connectivity index (χ3n) is 6.19. The molecule has 0 amide bonds. The molecular formula is C31H25N4O+. The largest absolute Gasteiger partial charge is 0.457 e. The highest BCUT2D eigenvalue weighted by molar-refractivity contribution is 5.93. The summed E-state index contributed by atoms with van der Waals surface area (Å²) < 4.78 is 8.20. The molecule has 4 aromatic carbocycles. The van der Waals surface area contributed by atoms with E-state index in [0.717, 1.165) is 45.2 Å². The Bertz CT molecular complexity index is 1660. The smallest absolute Gasteiger partial charge is 0.214 e. The quantitative estimate of drug-likeness (QED) is 0.248. The van der Waals surface area contributed by atoms with Crippen LogP contribution in [0.3, 0.4) is 0 Å². The van der Waals surface area contributed by atoms with Crippen molar-refractivity contribution in [2.75, 3.05) is 10.6 Å². The van der Waals surface area contributed by atoms with E-state index in [0.29, 0.717) is 0 Å². The summed E-state index contributed by atoms with van der Waals surface area (Å²) in [5, 5.41) is 9.27. The molecule has 2 N–H and O–H groups in total. The topological polar surface area (TPSA) is 50.1 Å². The maximum atomic E-state index is 6.08. The number of para-hydroxylation sites is 2. The molecular weight excluding hydrogens is 444 g/mol. The Morgan fingerprint density at radius 1 is 0.611 bits per heavy atom. The van der Waals surface area contributed by atoms with E-state index < -0.39 is 0 Å². The summed E-state index contributed by atoms with van der Waals surface area (Å²) in [7, 11) is 2.06. The van der Waals surface area contributed by atoms with Crippen LogP contribution in [0.2, 0.25) is 0 Å². The molecule has 0 saturated carbocycles. The van der Waals surface area contributed by atoms with E-state index in [1.807, 2.05) is 79.0 Å². The molecule has 0 bridgehead atoms. The van der Waals surface area contributed by atoms with Crippen LogP contribution in [0.15, 0.2) is 122 Å². The van der Waals surface area contributed by atoms with Crippen molar-refractivity contribution < 1.29 is 9.30 Å². The molecule has 0 aliphatic rings. The molecule has 2 heterocycles. The molecule has 0 aliphatic heterocycles. The summed E-state index contributed by atoms with van der Waals surface area (Å²) in [6, 6.07) is 36.5. The van der Waals surface area contributed by atoms with E-state index in [9.17, 15) is 0 Å². The Hall–Kier alpha value is -4.90. The van der Waals surface area contributed by atoms with Gasteiger partial charge in [-0.25, -0.2) is 4.57 Å². The van der Waals surface area contributed by atoms with Gasteiger partial charge in [0.25, 0.3) is 0 Å². The van der Waals surface area contributed by atoms with Crippen molar-refractivity contribution in [3.8, 4) is 11.5 Å². The summed E-state index contributed by atoms with van der Waals surface area (Å²) in [5.74, 6) is 1.56. The van der Waals surface area contributed by atoms with E-state index in [1.54, 1.807) is 0 Å². The lowest BCUT2D eigenvalue weighted by atomic mass is 10.1. The highest BCUT2D eigenvalue weighted by atomic mass is 16.5. The van der Waals surface area contributed by atoms with E-state index in [-0.39, 0.29) is 0 Å². The summed E-state index contributed by atoms with van der Waals surface area (Å²) in [6.07, 6.45) is 3.89. The molecule has 6 aromatic rings. The van der Waals surface area contributed by atoms with E-state index in [4.69, 9.17) is 4.74 Å². The second-order valence-electron chi connectivity index (χ2n) is 8.63. The van der Waals surface area contributed by atoms with Crippen LogP contribution in [-0.4, -0.2) is 4.98 Å². The lowest BCUT2D eigenvalue weighted by molar-refractivity contribution is -0.644. The number of aromatic nitrogens is 2. The molecule has 0 atom stereocenters. The van der Waals surface area contributed by atoms with Crippen molar-refractivity contribution in [1.29, 1.82) is 0 Å². The minimum absolute atomic E-state index is 0.780. The van der Waals surface area contributed by atoms with Crippen LogP contribution in [0.4, 0.5) is 22.7 Å². The van der Waals surface area contributed by atoms with Crippen LogP contribution >= 0.6 is 0 Å². The average molecular weight is 470 g/mol. The number of hydrogen-bond donors (Lipinski definition) is 2. The van der Waals surface area contributed by atoms with Crippen molar-refractivity contribution >= 4 is 44.6 Å². The number of benzene rings is 4. The Kier molecular flexibility index (Phi) is 5.64. The van der Waals surface area contributed by atoms with Gasteiger partial charge in [0.2, 0.25) is 5.52 Å². The number of anilines is 4. The predicted octanol–water partition coefficient (Wildman–Crippen LogP) is 7.49. The van der Waals surface area contributed by atoms with Gasteiger partial charge in [0.05, 0.1) is 16.6 Å². The lowest BCUT2D eigenvalue weighted by Crippen LogP contribution is -2.28. The van der Waals surface area contributed by atoms with Gasteiger partial charge in [0, 0.05) is 40.8 Å². The molecule has 0 aliphatic carbocycles. The number of fused-ring (bicyclic) bond motifs is 2. The van der Waals surface area contributed by atoms with E-state index >= 15 is 0 Å². The predicted molar refractivity (Wildman–Crippen MR) is 146 cm³/mol. The molecule has 2 aromatic heterocycles. The fourth-order valence-corrected chi connectivity index (χ4v) is 4.34. The number of hydrogen-bond acceptors (Lipinski definition) is 4. The zero-order chi connectivity index (χ0) is 24.3. The minimum Gasteiger partial charge on any atom is -0.457 e. The molecule has 174 valence electrons. The number of pyridine rings is 2. The molecule has 36 heavy (non-hydrogen) atoms. The molecule has 5 heteroatoms. The highest BCUT2D eigenvalue weighted by Gasteiger charge is 2.09. The van der Waals surface area contributed by atoms with Gasteiger partial charge in [-0.05, 0) is 66.7 Å². The normalized spacial score (nSPS) is 10.9. The van der Waals surface area contributed by atoms with Crippen LogP contribution in [0.5, 0.6) is 11.5 Å². The zero-order valence-corrected chi connectivity index (χ0v) is 19.8. The van der Waals surface area contributed by atoms with Crippen molar-refractivity contribution in [3.63, 3.8) is 0 Å². The number of nitrogens with one attached hydrogen (secondary N) is 2. The first kappa shape index (κ1) is 21.6. The lowest BCUT2D eigenvalue weighted by Gasteiger charge is -2.12. The molecule has 0 fully saturated rings. The van der Waals surface area contributed by atoms with Crippen LogP contribution in [0.25, 0.3) is 21.8 Å². The molecule has 0 unspecified atom stereocenters. The summed E-state index contributed by atoms with van der Waals surface area (Å²) in [4.78, 5) is 4.43. The standard InChI is InChI=1S/C31H24N4O/c1-35-21-19-30(27-7-3-5-9-31(27)35)34-23-12-16-25(17-13-23)36-24-14-10-22(11-15-24)33-29-18-20-32-28-8-4-2-6-26(28)29/h2-21H,1H3,(H,32,33)/p+1. The number of nitrogens with zero attached hydrogens (tertiary/aromatic N) is 2. The van der Waals surface area contributed by atoms with Gasteiger partial charge in [0.1, 0.15) is 18.5 Å². The second-order valence-corrected chi connectivity index (χ2v) is 8.63. The van der Waals surface area contributed by atoms with Crippen molar-refractivity contribution in [2.24, 2.45) is 7.05 Å². The Morgan fingerprint density at radius 2 is 1.19 bits per heavy atom. The van der Waals surface area contributed by atoms with Crippen LogP contribution < -0.4 is 19.9 Å². The van der Waals surface area contributed by atoms with Gasteiger partial charge in [-0.3, -0.25) is 4.98 Å². The fraction of sp³-hybridized carbons (Fsp3) is 0.0323. The van der Waals surface area contributed by atoms with Crippen molar-refractivity contribution in [2.45, 2.75) is 0 Å². The van der Waals surface area contributed by atoms with Crippen molar-refractivity contribution in [3.05, 3.63) is 122 Å². The third kappa shape index (κ3) is 4.42. The van der Waals surface area contributed by atoms with Gasteiger partial charge in [-0.15, -0.1) is 0 Å². The molecule has 6 rings (SSSR count). The number of rotatable bonds is 6. The molecule has 0 radical (unpaired) electrons. The van der Waals surface area contributed by atoms with Gasteiger partial charge < -0.3 is 15.4 Å². The average Bonchev–Trinajstić information content (AvgIpc) is 2.93. The van der Waals surface area contributed by atoms with Crippen LogP contribution in [0, 0.1) is 0 Å². The van der Waals surface area contributed by atoms with Crippen LogP contribution in [-0.2, 0) is 7.05 Å². The van der Waals surface area contributed by atoms with Gasteiger partial charge in [0.15, 0.2) is 6.20 Å². The molecule has 0 saturated heterocycles. The van der Waals surface area contributed by atoms with E-state index in [2.05, 4.69) is 69.8 Å². The zero-order valence-electron chi connectivity index (χ0n) is 19.8. The van der Waals surface area contributed by atoms with Crippen molar-refractivity contribution in [1.82, 2.24) is 4.98 Å². The minimum atomic E-state index is 0.780. The first-order chi connectivity index (χ1) is 17.7. The Morgan fingerprint density at radius 3 is 1.89 bits per heavy atom. The van der Waals surface area contributed by atoms with Gasteiger partial charge in [-0.2, -0.15) is 0 Å². The molecule has 0 spiro atoms. The summed E-state index contributed by atoms with van der Waals surface area (Å²) in [6.45, 7) is 0. The fourth-order valence-electron chi connectivity index (χ4n) is 4.34. The van der Waals surface area contributed by atoms with Gasteiger partial charge >= 0.3 is 0 Å². The number of aryl methyl sites for hydroxylation is 1. The summed E-state index contributed by atoms with van der Waals surface area (Å²) >= 11 is 0. The third-order valence-corrected chi connectivity index (χ3v) is 6.19. The monoisotopic (exact) mass is 469 g/mol. The maximum absolute atomic E-state index is 6.08. The summed E-state index contributed by atoms with van der Waals surface area (Å²) in [5.41, 5.74) is 6.24. The van der Waals surface area contributed by atoms with Crippen LogP contribution in [0.1, 0.15) is 0 Å². The first-order valence-corrected chi connectivity index (χ1v) is 11.9. The SMILES string of the molecule is C[n+]1ccc(Nc2ccc(Oc3ccc(Nc4ccnc5ccccc45)cc3)cc2)c2ccccc21. The second kappa shape index (κ2) is 9.39. The highest BCUT2D eigenvalue weighted by Crippen LogP contribution is 2.29. The van der Waals surface area contributed by atoms with Gasteiger partial charge in [-0.1, -0.05) is 30.3 Å². The Balaban J connectivity index is 1.14. The van der Waals surface area contributed by atoms with E-state index in [1.165, 1.54) is 10.9 Å². The Labute approximate surface area is 209 Å². The number of ether oxygens (including phenoxy) is 1. The molecule has 5 nitrogen and oxygen atoms in total. The maximum Gasteiger partial charge on any atom is 0.214 e.